The number of nitrogens with one attached hydrogen (secondary N) is 1. The lowest BCUT2D eigenvalue weighted by Crippen LogP contribution is -2.25. The molecule has 0 atom stereocenters. The number of amides is 1. The lowest BCUT2D eigenvalue weighted by Gasteiger charge is -2.14. The van der Waals surface area contributed by atoms with Gasteiger partial charge < -0.3 is 13.7 Å². The van der Waals surface area contributed by atoms with Crippen molar-refractivity contribution in [2.24, 2.45) is 5.10 Å². The van der Waals surface area contributed by atoms with Gasteiger partial charge in [0.15, 0.2) is 18.1 Å². The lowest BCUT2D eigenvalue weighted by molar-refractivity contribution is -0.385. The molecule has 0 bridgehead atoms. The summed E-state index contributed by atoms with van der Waals surface area (Å²) in [6.45, 7) is 7.29. The summed E-state index contributed by atoms with van der Waals surface area (Å²) in [5.74, 6) is 0.343. The van der Waals surface area contributed by atoms with E-state index in [1.807, 2.05) is 39.0 Å². The maximum atomic E-state index is 12.7. The van der Waals surface area contributed by atoms with Gasteiger partial charge in [-0.1, -0.05) is 32.0 Å². The summed E-state index contributed by atoms with van der Waals surface area (Å²) >= 11 is 0. The van der Waals surface area contributed by atoms with E-state index >= 15 is 0 Å². The number of rotatable bonds is 11. The normalized spacial score (nSPS) is 11.4. The molecule has 206 valence electrons. The molecule has 12 heteroatoms. The molecule has 0 unspecified atom stereocenters. The Labute approximate surface area is 226 Å². The summed E-state index contributed by atoms with van der Waals surface area (Å²) in [5, 5.41) is 15.1. The number of hydrogen-bond acceptors (Lipinski definition) is 9. The van der Waals surface area contributed by atoms with E-state index in [4.69, 9.17) is 13.7 Å². The van der Waals surface area contributed by atoms with Crippen LogP contribution in [0.25, 0.3) is 0 Å². The topological polar surface area (TPSA) is 146 Å². The second-order valence-electron chi connectivity index (χ2n) is 8.93. The molecule has 1 N–H and O–H groups in total. The Hall–Kier alpha value is -4.45. The highest BCUT2D eigenvalue weighted by molar-refractivity contribution is 7.87. The largest absolute Gasteiger partial charge is 0.493 e. The molecule has 3 aromatic rings. The fraction of sp³-hybridized carbons (Fsp3) is 0.259. The molecule has 0 aromatic heterocycles. The average Bonchev–Trinajstić information content (AvgIpc) is 2.87. The van der Waals surface area contributed by atoms with Crippen LogP contribution in [0.15, 0.2) is 64.6 Å². The highest BCUT2D eigenvalue weighted by atomic mass is 32.2. The number of carbonyl (C=O) groups excluding carboxylic acids is 1. The molecule has 0 fully saturated rings. The van der Waals surface area contributed by atoms with Gasteiger partial charge >= 0.3 is 10.1 Å². The Morgan fingerprint density at radius 3 is 2.46 bits per heavy atom. The van der Waals surface area contributed by atoms with Crippen LogP contribution in [0.2, 0.25) is 0 Å². The fourth-order valence-electron chi connectivity index (χ4n) is 3.54. The molecule has 0 heterocycles. The van der Waals surface area contributed by atoms with Crippen LogP contribution in [0.5, 0.6) is 17.2 Å². The van der Waals surface area contributed by atoms with Crippen LogP contribution in [-0.4, -0.2) is 39.2 Å². The monoisotopic (exact) mass is 555 g/mol. The number of nitrogens with zero attached hydrogens (tertiary/aromatic N) is 2. The number of nitro groups is 1. The minimum Gasteiger partial charge on any atom is -0.493 e. The van der Waals surface area contributed by atoms with Gasteiger partial charge in [0.2, 0.25) is 0 Å². The quantitative estimate of drug-likeness (QED) is 0.156. The summed E-state index contributed by atoms with van der Waals surface area (Å²) in [7, 11) is -3.07. The van der Waals surface area contributed by atoms with Crippen LogP contribution in [0, 0.1) is 24.0 Å². The number of ether oxygens (including phenoxy) is 2. The predicted octanol–water partition coefficient (Wildman–Crippen LogP) is 4.64. The summed E-state index contributed by atoms with van der Waals surface area (Å²) in [4.78, 5) is 22.4. The Morgan fingerprint density at radius 2 is 1.79 bits per heavy atom. The summed E-state index contributed by atoms with van der Waals surface area (Å²) in [6.07, 6.45) is 1.34. The number of aryl methyl sites for hydroxylation is 2. The minimum atomic E-state index is -4.39. The molecule has 0 saturated carbocycles. The van der Waals surface area contributed by atoms with Gasteiger partial charge in [0.1, 0.15) is 10.6 Å². The van der Waals surface area contributed by atoms with Crippen LogP contribution in [0.1, 0.15) is 42.0 Å². The van der Waals surface area contributed by atoms with Crippen molar-refractivity contribution in [3.63, 3.8) is 0 Å². The molecule has 0 radical (unpaired) electrons. The number of carbonyl (C=O) groups is 1. The van der Waals surface area contributed by atoms with Crippen molar-refractivity contribution in [2.45, 2.75) is 38.5 Å². The van der Waals surface area contributed by atoms with Crippen molar-refractivity contribution in [1.82, 2.24) is 5.43 Å². The molecule has 0 saturated heterocycles. The van der Waals surface area contributed by atoms with Crippen molar-refractivity contribution in [3.05, 3.63) is 87.0 Å². The van der Waals surface area contributed by atoms with Gasteiger partial charge in [0.25, 0.3) is 11.6 Å². The lowest BCUT2D eigenvalue weighted by atomic mass is 10.0. The molecule has 0 spiro atoms. The SMILES string of the molecule is COc1cc(/C=N/NC(=O)COc2cc(C)ccc2C(C)C)ccc1OS(=O)(=O)c1ccc(C)c([N+](=O)[O-])c1. The zero-order valence-corrected chi connectivity index (χ0v) is 22.9. The van der Waals surface area contributed by atoms with Crippen LogP contribution in [-0.2, 0) is 14.9 Å². The number of hydrogen-bond donors (Lipinski definition) is 1. The van der Waals surface area contributed by atoms with Gasteiger partial charge in [0, 0.05) is 11.6 Å². The van der Waals surface area contributed by atoms with Crippen molar-refractivity contribution in [3.8, 4) is 17.2 Å². The van der Waals surface area contributed by atoms with Crippen LogP contribution in [0.3, 0.4) is 0 Å². The molecule has 3 rings (SSSR count). The molecule has 11 nitrogen and oxygen atoms in total. The molecule has 39 heavy (non-hydrogen) atoms. The van der Waals surface area contributed by atoms with E-state index in [9.17, 15) is 23.3 Å². The molecule has 0 aliphatic heterocycles. The van der Waals surface area contributed by atoms with E-state index in [0.717, 1.165) is 17.2 Å². The van der Waals surface area contributed by atoms with Gasteiger partial charge in [-0.3, -0.25) is 14.9 Å². The first-order valence-corrected chi connectivity index (χ1v) is 13.2. The van der Waals surface area contributed by atoms with E-state index < -0.39 is 20.9 Å². The van der Waals surface area contributed by atoms with Gasteiger partial charge in [-0.05, 0) is 66.8 Å². The first-order chi connectivity index (χ1) is 18.4. The highest BCUT2D eigenvalue weighted by Gasteiger charge is 2.23. The van der Waals surface area contributed by atoms with Crippen molar-refractivity contribution in [2.75, 3.05) is 13.7 Å². The second kappa shape index (κ2) is 12.4. The molecule has 1 amide bonds. The Bertz CT molecular complexity index is 1520. The number of methoxy groups -OCH3 is 1. The summed E-state index contributed by atoms with van der Waals surface area (Å²) < 4.78 is 41.6. The van der Waals surface area contributed by atoms with Crippen molar-refractivity contribution >= 4 is 27.9 Å². The predicted molar refractivity (Wildman–Crippen MR) is 145 cm³/mol. The maximum absolute atomic E-state index is 12.7. The summed E-state index contributed by atoms with van der Waals surface area (Å²) in [6, 6.07) is 13.6. The third-order valence-corrected chi connectivity index (χ3v) is 6.84. The van der Waals surface area contributed by atoms with E-state index in [-0.39, 0.29) is 34.6 Å². The molecule has 0 aliphatic rings. The van der Waals surface area contributed by atoms with E-state index in [1.54, 1.807) is 0 Å². The first-order valence-electron chi connectivity index (χ1n) is 11.8. The standard InChI is InChI=1S/C27H29N3O8S/c1-17(2)22-10-6-18(3)12-25(22)37-16-27(31)29-28-15-20-8-11-24(26(13-20)36-5)38-39(34,35)21-9-7-19(4)23(14-21)30(32)33/h6-15,17H,16H2,1-5H3,(H,29,31)/b28-15+. The van der Waals surface area contributed by atoms with Gasteiger partial charge in [-0.25, -0.2) is 5.43 Å². The Balaban J connectivity index is 1.66. The molecular weight excluding hydrogens is 526 g/mol. The number of benzene rings is 3. The third-order valence-electron chi connectivity index (χ3n) is 5.61. The second-order valence-corrected chi connectivity index (χ2v) is 10.5. The van der Waals surface area contributed by atoms with Gasteiger partial charge in [0.05, 0.1) is 18.2 Å². The average molecular weight is 556 g/mol. The fourth-order valence-corrected chi connectivity index (χ4v) is 4.50. The Morgan fingerprint density at radius 1 is 1.05 bits per heavy atom. The van der Waals surface area contributed by atoms with Crippen LogP contribution >= 0.6 is 0 Å². The summed E-state index contributed by atoms with van der Waals surface area (Å²) in [5.41, 5.74) is 4.84. The van der Waals surface area contributed by atoms with Crippen molar-refractivity contribution in [1.29, 1.82) is 0 Å². The van der Waals surface area contributed by atoms with Gasteiger partial charge in [-0.15, -0.1) is 0 Å². The highest BCUT2D eigenvalue weighted by Crippen LogP contribution is 2.32. The van der Waals surface area contributed by atoms with Crippen LogP contribution < -0.4 is 19.1 Å². The Kier molecular flexibility index (Phi) is 9.25. The zero-order chi connectivity index (χ0) is 28.7. The van der Waals surface area contributed by atoms with Crippen molar-refractivity contribution < 1.29 is 31.8 Å². The van der Waals surface area contributed by atoms with E-state index in [0.29, 0.717) is 16.9 Å². The third kappa shape index (κ3) is 7.54. The smallest absolute Gasteiger partial charge is 0.339 e. The number of hydrazone groups is 1. The zero-order valence-electron chi connectivity index (χ0n) is 22.1. The minimum absolute atomic E-state index is 0.0689. The first kappa shape index (κ1) is 29.1. The number of nitro benzene ring substituents is 1. The van der Waals surface area contributed by atoms with E-state index in [1.165, 1.54) is 50.6 Å². The molecular formula is C27H29N3O8S. The van der Waals surface area contributed by atoms with Gasteiger partial charge in [-0.2, -0.15) is 13.5 Å². The molecule has 3 aromatic carbocycles. The van der Waals surface area contributed by atoms with Crippen LogP contribution in [0.4, 0.5) is 5.69 Å². The van der Waals surface area contributed by atoms with E-state index in [2.05, 4.69) is 10.5 Å². The maximum Gasteiger partial charge on any atom is 0.339 e. The molecule has 0 aliphatic carbocycles.